The molecular formula is C18H13F2N5O3. The smallest absolute Gasteiger partial charge is 0.364 e. The first kappa shape index (κ1) is 17.6. The van der Waals surface area contributed by atoms with Crippen LogP contribution >= 0.6 is 0 Å². The van der Waals surface area contributed by atoms with E-state index in [-0.39, 0.29) is 22.2 Å². The molecule has 0 aliphatic heterocycles. The van der Waals surface area contributed by atoms with Crippen molar-refractivity contribution in [2.24, 2.45) is 7.05 Å². The molecule has 0 fully saturated rings. The Bertz CT molecular complexity index is 1320. The zero-order valence-electron chi connectivity index (χ0n) is 14.5. The lowest BCUT2D eigenvalue weighted by Crippen LogP contribution is -2.37. The maximum atomic E-state index is 13.8. The van der Waals surface area contributed by atoms with E-state index in [0.29, 0.717) is 16.8 Å². The first-order chi connectivity index (χ1) is 13.4. The summed E-state index contributed by atoms with van der Waals surface area (Å²) in [5.41, 5.74) is -0.677. The molecule has 0 amide bonds. The van der Waals surface area contributed by atoms with Crippen LogP contribution in [0.3, 0.4) is 0 Å². The minimum absolute atomic E-state index is 0.0317. The monoisotopic (exact) mass is 385 g/mol. The molecule has 0 radical (unpaired) electrons. The van der Waals surface area contributed by atoms with Crippen molar-refractivity contribution in [1.29, 1.82) is 0 Å². The van der Waals surface area contributed by atoms with Gasteiger partial charge in [-0.25, -0.2) is 18.3 Å². The molecule has 0 bridgehead atoms. The van der Waals surface area contributed by atoms with Crippen molar-refractivity contribution >= 4 is 10.9 Å². The number of hydrogen-bond donors (Lipinski definition) is 1. The van der Waals surface area contributed by atoms with Crippen LogP contribution in [0.5, 0.6) is 0 Å². The molecule has 0 atom stereocenters. The summed E-state index contributed by atoms with van der Waals surface area (Å²) >= 11 is 0. The number of benzene rings is 2. The van der Waals surface area contributed by atoms with Gasteiger partial charge in [-0.2, -0.15) is 0 Å². The lowest BCUT2D eigenvalue weighted by molar-refractivity contribution is 0.158. The van der Waals surface area contributed by atoms with E-state index < -0.39 is 22.9 Å². The lowest BCUT2D eigenvalue weighted by atomic mass is 10.1. The van der Waals surface area contributed by atoms with Crippen molar-refractivity contribution in [2.75, 3.05) is 0 Å². The van der Waals surface area contributed by atoms with Crippen LogP contribution in [0, 0.1) is 11.6 Å². The van der Waals surface area contributed by atoms with E-state index in [1.807, 2.05) is 0 Å². The van der Waals surface area contributed by atoms with E-state index in [9.17, 15) is 23.6 Å². The van der Waals surface area contributed by atoms with Gasteiger partial charge in [-0.05, 0) is 24.3 Å². The molecule has 0 saturated carbocycles. The summed E-state index contributed by atoms with van der Waals surface area (Å²) in [6, 6.07) is 8.22. The topological polar surface area (TPSA) is 94.9 Å². The highest BCUT2D eigenvalue weighted by atomic mass is 19.1. The molecule has 0 unspecified atom stereocenters. The second-order valence-electron chi connectivity index (χ2n) is 6.19. The fourth-order valence-electron chi connectivity index (χ4n) is 2.96. The molecule has 4 aromatic rings. The fourth-order valence-corrected chi connectivity index (χ4v) is 2.96. The molecule has 142 valence electrons. The summed E-state index contributed by atoms with van der Waals surface area (Å²) in [6.45, 7) is -0.156. The van der Waals surface area contributed by atoms with Crippen molar-refractivity contribution in [3.63, 3.8) is 0 Å². The molecule has 8 nitrogen and oxygen atoms in total. The largest absolute Gasteiger partial charge is 0.421 e. The van der Waals surface area contributed by atoms with E-state index in [2.05, 4.69) is 10.3 Å². The zero-order valence-corrected chi connectivity index (χ0v) is 14.5. The van der Waals surface area contributed by atoms with Crippen LogP contribution in [0.2, 0.25) is 0 Å². The summed E-state index contributed by atoms with van der Waals surface area (Å²) in [5, 5.41) is 17.6. The Labute approximate surface area is 155 Å². The summed E-state index contributed by atoms with van der Waals surface area (Å²) in [4.78, 5) is 24.0. The van der Waals surface area contributed by atoms with Gasteiger partial charge < -0.3 is 5.21 Å². The SMILES string of the molecule is Cn1c(=O)n(O)c(=O)c2cc(-c3cn(Cc4c(F)cccc4F)nn3)ccc21. The van der Waals surface area contributed by atoms with Crippen LogP contribution in [-0.4, -0.2) is 29.5 Å². The zero-order chi connectivity index (χ0) is 20.0. The Morgan fingerprint density at radius 2 is 1.82 bits per heavy atom. The Balaban J connectivity index is 1.76. The lowest BCUT2D eigenvalue weighted by Gasteiger charge is -2.07. The Kier molecular flexibility index (Phi) is 4.03. The molecule has 0 aliphatic rings. The molecule has 2 aromatic heterocycles. The highest BCUT2D eigenvalue weighted by molar-refractivity contribution is 5.83. The predicted octanol–water partition coefficient (Wildman–Crippen LogP) is 1.52. The van der Waals surface area contributed by atoms with Gasteiger partial charge in [0.05, 0.1) is 23.6 Å². The van der Waals surface area contributed by atoms with Crippen LogP contribution in [0.15, 0.2) is 52.2 Å². The Hall–Kier alpha value is -3.82. The number of halogens is 2. The highest BCUT2D eigenvalue weighted by Gasteiger charge is 2.14. The maximum absolute atomic E-state index is 13.8. The third kappa shape index (κ3) is 2.75. The van der Waals surface area contributed by atoms with Crippen LogP contribution in [0.1, 0.15) is 5.56 Å². The van der Waals surface area contributed by atoms with Crippen molar-refractivity contribution in [3.8, 4) is 11.3 Å². The quantitative estimate of drug-likeness (QED) is 0.540. The van der Waals surface area contributed by atoms with Gasteiger partial charge in [-0.15, -0.1) is 5.10 Å². The van der Waals surface area contributed by atoms with Crippen LogP contribution in [0.4, 0.5) is 8.78 Å². The molecule has 4 rings (SSSR count). The molecular weight excluding hydrogens is 372 g/mol. The van der Waals surface area contributed by atoms with E-state index in [4.69, 9.17) is 0 Å². The maximum Gasteiger partial charge on any atom is 0.364 e. The van der Waals surface area contributed by atoms with Crippen molar-refractivity contribution in [2.45, 2.75) is 6.54 Å². The highest BCUT2D eigenvalue weighted by Crippen LogP contribution is 2.21. The minimum Gasteiger partial charge on any atom is -0.421 e. The van der Waals surface area contributed by atoms with Crippen LogP contribution in [-0.2, 0) is 13.6 Å². The number of aromatic nitrogens is 5. The van der Waals surface area contributed by atoms with Crippen LogP contribution in [0.25, 0.3) is 22.2 Å². The Morgan fingerprint density at radius 1 is 1.11 bits per heavy atom. The average molecular weight is 385 g/mol. The van der Waals surface area contributed by atoms with Gasteiger partial charge in [0.1, 0.15) is 17.3 Å². The van der Waals surface area contributed by atoms with Crippen LogP contribution < -0.4 is 11.2 Å². The van der Waals surface area contributed by atoms with Gasteiger partial charge in [-0.1, -0.05) is 22.1 Å². The van der Waals surface area contributed by atoms with Crippen molar-refractivity contribution in [1.82, 2.24) is 24.3 Å². The molecule has 2 heterocycles. The molecule has 0 spiro atoms. The first-order valence-electron chi connectivity index (χ1n) is 8.15. The molecule has 2 aromatic carbocycles. The second-order valence-corrected chi connectivity index (χ2v) is 6.19. The molecule has 0 aliphatic carbocycles. The standard InChI is InChI=1S/C18H13F2N5O3/c1-23-16-6-5-10(7-11(16)17(26)25(28)18(23)27)15-9-24(22-21-15)8-12-13(19)3-2-4-14(12)20/h2-7,9,28H,8H2,1H3. The summed E-state index contributed by atoms with van der Waals surface area (Å²) < 4.78 is 30.0. The number of rotatable bonds is 3. The third-order valence-electron chi connectivity index (χ3n) is 4.47. The summed E-state index contributed by atoms with van der Waals surface area (Å²) in [6.07, 6.45) is 1.48. The molecule has 0 saturated heterocycles. The van der Waals surface area contributed by atoms with Crippen molar-refractivity contribution < 1.29 is 14.0 Å². The number of nitrogens with zero attached hydrogens (tertiary/aromatic N) is 5. The van der Waals surface area contributed by atoms with Gasteiger partial charge in [0.25, 0.3) is 5.56 Å². The van der Waals surface area contributed by atoms with E-state index >= 15 is 0 Å². The Morgan fingerprint density at radius 3 is 2.54 bits per heavy atom. The fraction of sp³-hybridized carbons (Fsp3) is 0.111. The number of aryl methyl sites for hydroxylation is 1. The normalized spacial score (nSPS) is 11.2. The second kappa shape index (κ2) is 6.41. The predicted molar refractivity (Wildman–Crippen MR) is 95.1 cm³/mol. The average Bonchev–Trinajstić information content (AvgIpc) is 3.16. The van der Waals surface area contributed by atoms with Gasteiger partial charge in [0.2, 0.25) is 0 Å². The van der Waals surface area contributed by atoms with Gasteiger partial charge in [0, 0.05) is 18.2 Å². The number of fused-ring (bicyclic) bond motifs is 1. The summed E-state index contributed by atoms with van der Waals surface area (Å²) in [5.74, 6) is -1.38. The molecule has 28 heavy (non-hydrogen) atoms. The van der Waals surface area contributed by atoms with E-state index in [1.165, 1.54) is 30.1 Å². The first-order valence-corrected chi connectivity index (χ1v) is 8.15. The number of hydrogen-bond acceptors (Lipinski definition) is 5. The molecule has 10 heteroatoms. The minimum atomic E-state index is -0.860. The summed E-state index contributed by atoms with van der Waals surface area (Å²) in [7, 11) is 1.43. The van der Waals surface area contributed by atoms with Gasteiger partial charge in [-0.3, -0.25) is 9.36 Å². The van der Waals surface area contributed by atoms with Gasteiger partial charge >= 0.3 is 5.69 Å². The van der Waals surface area contributed by atoms with Crippen molar-refractivity contribution in [3.05, 3.63) is 80.6 Å². The van der Waals surface area contributed by atoms with E-state index in [0.717, 1.165) is 16.7 Å². The molecule has 1 N–H and O–H groups in total. The third-order valence-corrected chi connectivity index (χ3v) is 4.47. The van der Waals surface area contributed by atoms with E-state index in [1.54, 1.807) is 12.1 Å². The van der Waals surface area contributed by atoms with Gasteiger partial charge in [0.15, 0.2) is 0 Å².